The molecule has 0 aromatic heterocycles. The third kappa shape index (κ3) is 5.61. The van der Waals surface area contributed by atoms with Crippen molar-refractivity contribution in [2.75, 3.05) is 6.61 Å². The van der Waals surface area contributed by atoms with Crippen LogP contribution in [-0.2, 0) is 16.0 Å². The molecular weight excluding hydrogens is 322 g/mol. The van der Waals surface area contributed by atoms with Gasteiger partial charge in [-0.1, -0.05) is 19.1 Å². The summed E-state index contributed by atoms with van der Waals surface area (Å²) in [6.45, 7) is 2.28. The number of carbonyl (C=O) groups is 2. The summed E-state index contributed by atoms with van der Waals surface area (Å²) in [6, 6.07) is 11.7. The van der Waals surface area contributed by atoms with Gasteiger partial charge in [-0.25, -0.2) is 9.59 Å². The van der Waals surface area contributed by atoms with Gasteiger partial charge in [-0.2, -0.15) is 0 Å². The van der Waals surface area contributed by atoms with Crippen LogP contribution < -0.4 is 10.5 Å². The van der Waals surface area contributed by atoms with Crippen LogP contribution in [-0.4, -0.2) is 29.7 Å². The molecule has 0 amide bonds. The molecule has 2 aromatic carbocycles. The van der Waals surface area contributed by atoms with E-state index in [9.17, 15) is 14.7 Å². The molecule has 0 unspecified atom stereocenters. The zero-order valence-electron chi connectivity index (χ0n) is 14.0. The standard InChI is InChI=1S/C19H21NO5/c1-2-11-24-18(22)14-5-9-16(10-6-14)25-19(23)17(20)12-13-3-7-15(21)8-4-13/h3-10,17,21H,2,11-12,20H2,1H3/t17-/m0/s1. The Labute approximate surface area is 146 Å². The SMILES string of the molecule is CCCOC(=O)c1ccc(OC(=O)[C@@H](N)Cc2ccc(O)cc2)cc1. The average molecular weight is 343 g/mol. The molecule has 1 atom stereocenters. The van der Waals surface area contributed by atoms with Crippen molar-refractivity contribution in [1.29, 1.82) is 0 Å². The van der Waals surface area contributed by atoms with Crippen molar-refractivity contribution in [1.82, 2.24) is 0 Å². The number of phenolic OH excluding ortho intramolecular Hbond substituents is 1. The Morgan fingerprint density at radius 3 is 2.32 bits per heavy atom. The summed E-state index contributed by atoms with van der Waals surface area (Å²) in [6.07, 6.45) is 1.04. The van der Waals surface area contributed by atoms with Gasteiger partial charge >= 0.3 is 11.9 Å². The quantitative estimate of drug-likeness (QED) is 0.592. The van der Waals surface area contributed by atoms with E-state index in [-0.39, 0.29) is 5.75 Å². The first-order chi connectivity index (χ1) is 12.0. The molecule has 6 nitrogen and oxygen atoms in total. The highest BCUT2D eigenvalue weighted by Crippen LogP contribution is 2.15. The Balaban J connectivity index is 1.91. The summed E-state index contributed by atoms with van der Waals surface area (Å²) >= 11 is 0. The average Bonchev–Trinajstić information content (AvgIpc) is 2.62. The summed E-state index contributed by atoms with van der Waals surface area (Å²) in [5, 5.41) is 9.25. The lowest BCUT2D eigenvalue weighted by Crippen LogP contribution is -2.36. The van der Waals surface area contributed by atoms with E-state index in [1.165, 1.54) is 36.4 Å². The van der Waals surface area contributed by atoms with Gasteiger partial charge in [0.25, 0.3) is 0 Å². The molecule has 0 aliphatic carbocycles. The molecule has 2 aromatic rings. The highest BCUT2D eigenvalue weighted by Gasteiger charge is 2.17. The van der Waals surface area contributed by atoms with E-state index >= 15 is 0 Å². The van der Waals surface area contributed by atoms with E-state index in [2.05, 4.69) is 0 Å². The lowest BCUT2D eigenvalue weighted by molar-refractivity contribution is -0.135. The molecule has 25 heavy (non-hydrogen) atoms. The molecule has 0 saturated carbocycles. The number of benzene rings is 2. The van der Waals surface area contributed by atoms with Crippen molar-refractivity contribution in [2.45, 2.75) is 25.8 Å². The molecular formula is C19H21NO5. The molecule has 6 heteroatoms. The summed E-state index contributed by atoms with van der Waals surface area (Å²) in [5.41, 5.74) is 7.06. The Kier molecular flexibility index (Phi) is 6.54. The third-order valence-electron chi connectivity index (χ3n) is 3.44. The third-order valence-corrected chi connectivity index (χ3v) is 3.44. The van der Waals surface area contributed by atoms with Crippen molar-refractivity contribution in [2.24, 2.45) is 5.73 Å². The predicted octanol–water partition coefficient (Wildman–Crippen LogP) is 2.43. The smallest absolute Gasteiger partial charge is 0.338 e. The fourth-order valence-corrected chi connectivity index (χ4v) is 2.10. The van der Waals surface area contributed by atoms with Gasteiger partial charge in [0.15, 0.2) is 0 Å². The molecule has 0 saturated heterocycles. The minimum absolute atomic E-state index is 0.150. The molecule has 0 fully saturated rings. The number of hydrogen-bond donors (Lipinski definition) is 2. The molecule has 0 aliphatic rings. The second-order valence-electron chi connectivity index (χ2n) is 5.56. The van der Waals surface area contributed by atoms with Gasteiger partial charge in [0.2, 0.25) is 0 Å². The maximum Gasteiger partial charge on any atom is 0.338 e. The van der Waals surface area contributed by atoms with E-state index in [1.807, 2.05) is 6.92 Å². The lowest BCUT2D eigenvalue weighted by Gasteiger charge is -2.12. The van der Waals surface area contributed by atoms with Crippen LogP contribution in [0.4, 0.5) is 0 Å². The van der Waals surface area contributed by atoms with E-state index in [4.69, 9.17) is 15.2 Å². The van der Waals surface area contributed by atoms with Gasteiger partial charge in [0.05, 0.1) is 12.2 Å². The van der Waals surface area contributed by atoms with Crippen molar-refractivity contribution in [3.63, 3.8) is 0 Å². The zero-order chi connectivity index (χ0) is 18.2. The second-order valence-corrected chi connectivity index (χ2v) is 5.56. The van der Waals surface area contributed by atoms with E-state index in [1.54, 1.807) is 12.1 Å². The maximum atomic E-state index is 12.1. The summed E-state index contributed by atoms with van der Waals surface area (Å²) < 4.78 is 10.2. The highest BCUT2D eigenvalue weighted by molar-refractivity contribution is 5.89. The van der Waals surface area contributed by atoms with Crippen molar-refractivity contribution < 1.29 is 24.2 Å². The second kappa shape index (κ2) is 8.84. The van der Waals surface area contributed by atoms with Gasteiger partial charge in [0, 0.05) is 0 Å². The monoisotopic (exact) mass is 343 g/mol. The number of phenols is 1. The summed E-state index contributed by atoms with van der Waals surface area (Å²) in [5.74, 6) is -0.534. The van der Waals surface area contributed by atoms with Crippen molar-refractivity contribution in [3.8, 4) is 11.5 Å². The van der Waals surface area contributed by atoms with Crippen LogP contribution in [0.3, 0.4) is 0 Å². The first kappa shape index (κ1) is 18.5. The van der Waals surface area contributed by atoms with Crippen molar-refractivity contribution >= 4 is 11.9 Å². The molecule has 0 heterocycles. The number of carbonyl (C=O) groups excluding carboxylic acids is 2. The summed E-state index contributed by atoms with van der Waals surface area (Å²) in [4.78, 5) is 23.8. The predicted molar refractivity (Wildman–Crippen MR) is 92.4 cm³/mol. The van der Waals surface area contributed by atoms with Crippen LogP contribution in [0, 0.1) is 0 Å². The minimum Gasteiger partial charge on any atom is -0.508 e. The lowest BCUT2D eigenvalue weighted by atomic mass is 10.1. The maximum absolute atomic E-state index is 12.1. The number of ether oxygens (including phenoxy) is 2. The topological polar surface area (TPSA) is 98.9 Å². The van der Waals surface area contributed by atoms with Gasteiger partial charge in [-0.05, 0) is 54.8 Å². The molecule has 0 aliphatic heterocycles. The Morgan fingerprint density at radius 1 is 1.08 bits per heavy atom. The first-order valence-corrected chi connectivity index (χ1v) is 8.02. The summed E-state index contributed by atoms with van der Waals surface area (Å²) in [7, 11) is 0. The van der Waals surface area contributed by atoms with Crippen LogP contribution in [0.2, 0.25) is 0 Å². The highest BCUT2D eigenvalue weighted by atomic mass is 16.5. The zero-order valence-corrected chi connectivity index (χ0v) is 14.0. The van der Waals surface area contributed by atoms with Crippen LogP contribution >= 0.6 is 0 Å². The fourth-order valence-electron chi connectivity index (χ4n) is 2.10. The van der Waals surface area contributed by atoms with Gasteiger partial charge in [0.1, 0.15) is 17.5 Å². The number of aromatic hydroxyl groups is 1. The molecule has 0 bridgehead atoms. The Morgan fingerprint density at radius 2 is 1.72 bits per heavy atom. The first-order valence-electron chi connectivity index (χ1n) is 8.02. The van der Waals surface area contributed by atoms with Gasteiger partial charge in [-0.15, -0.1) is 0 Å². The molecule has 0 spiro atoms. The largest absolute Gasteiger partial charge is 0.508 e. The van der Waals surface area contributed by atoms with Crippen LogP contribution in [0.1, 0.15) is 29.3 Å². The molecule has 3 N–H and O–H groups in total. The Bertz CT molecular complexity index is 710. The van der Waals surface area contributed by atoms with Gasteiger partial charge in [-0.3, -0.25) is 0 Å². The van der Waals surface area contributed by atoms with E-state index in [0.29, 0.717) is 24.3 Å². The van der Waals surface area contributed by atoms with Crippen LogP contribution in [0.15, 0.2) is 48.5 Å². The number of rotatable bonds is 7. The number of hydrogen-bond acceptors (Lipinski definition) is 6. The van der Waals surface area contributed by atoms with Gasteiger partial charge < -0.3 is 20.3 Å². The molecule has 132 valence electrons. The molecule has 2 rings (SSSR count). The minimum atomic E-state index is -0.835. The fraction of sp³-hybridized carbons (Fsp3) is 0.263. The molecule has 0 radical (unpaired) electrons. The van der Waals surface area contributed by atoms with Crippen LogP contribution in [0.5, 0.6) is 11.5 Å². The van der Waals surface area contributed by atoms with Crippen LogP contribution in [0.25, 0.3) is 0 Å². The van der Waals surface area contributed by atoms with E-state index < -0.39 is 18.0 Å². The number of nitrogens with two attached hydrogens (primary N) is 1. The van der Waals surface area contributed by atoms with Crippen molar-refractivity contribution in [3.05, 3.63) is 59.7 Å². The normalized spacial score (nSPS) is 11.6. The Hall–Kier alpha value is -2.86. The number of esters is 2. The van der Waals surface area contributed by atoms with E-state index in [0.717, 1.165) is 12.0 Å².